The first-order valence-electron chi connectivity index (χ1n) is 7.35. The first kappa shape index (κ1) is 16.7. The molecule has 0 atom stereocenters. The Bertz CT molecular complexity index is 407. The van der Waals surface area contributed by atoms with E-state index in [2.05, 4.69) is 48.3 Å². The molecule has 2 N–H and O–H groups in total. The molecule has 0 unspecified atom stereocenters. The number of methoxy groups -OCH3 is 1. The molecular formula is C15H28N4O. The number of rotatable bonds is 9. The summed E-state index contributed by atoms with van der Waals surface area (Å²) >= 11 is 0. The van der Waals surface area contributed by atoms with Gasteiger partial charge in [0.2, 0.25) is 0 Å². The van der Waals surface area contributed by atoms with Crippen LogP contribution in [0.1, 0.15) is 39.9 Å². The molecule has 5 heteroatoms. The highest BCUT2D eigenvalue weighted by Crippen LogP contribution is 2.21. The van der Waals surface area contributed by atoms with Crippen molar-refractivity contribution in [3.63, 3.8) is 0 Å². The largest absolute Gasteiger partial charge is 0.385 e. The Hall–Kier alpha value is -1.36. The van der Waals surface area contributed by atoms with Crippen LogP contribution in [0.15, 0.2) is 6.07 Å². The molecule has 20 heavy (non-hydrogen) atoms. The molecule has 0 fully saturated rings. The van der Waals surface area contributed by atoms with E-state index < -0.39 is 0 Å². The van der Waals surface area contributed by atoms with Crippen molar-refractivity contribution in [1.82, 2.24) is 9.97 Å². The number of nitrogens with one attached hydrogen (secondary N) is 2. The van der Waals surface area contributed by atoms with Crippen LogP contribution in [0.5, 0.6) is 0 Å². The van der Waals surface area contributed by atoms with Gasteiger partial charge in [0.15, 0.2) is 0 Å². The third-order valence-electron chi connectivity index (χ3n) is 3.18. The zero-order valence-corrected chi connectivity index (χ0v) is 13.4. The van der Waals surface area contributed by atoms with Crippen LogP contribution in [0.3, 0.4) is 0 Å². The fraction of sp³-hybridized carbons (Fsp3) is 0.733. The summed E-state index contributed by atoms with van der Waals surface area (Å²) in [5.41, 5.74) is 0.172. The third kappa shape index (κ3) is 5.74. The molecule has 0 aliphatic carbocycles. The molecule has 0 saturated carbocycles. The van der Waals surface area contributed by atoms with E-state index in [0.717, 1.165) is 50.0 Å². The minimum absolute atomic E-state index is 0.172. The van der Waals surface area contributed by atoms with Crippen LogP contribution in [-0.4, -0.2) is 36.8 Å². The van der Waals surface area contributed by atoms with Crippen molar-refractivity contribution >= 4 is 11.6 Å². The van der Waals surface area contributed by atoms with Gasteiger partial charge >= 0.3 is 0 Å². The molecule has 1 heterocycles. The Morgan fingerprint density at radius 3 is 2.35 bits per heavy atom. The molecule has 1 rings (SSSR count). The van der Waals surface area contributed by atoms with Crippen LogP contribution in [0.25, 0.3) is 0 Å². The van der Waals surface area contributed by atoms with Crippen LogP contribution in [0.4, 0.5) is 11.6 Å². The summed E-state index contributed by atoms with van der Waals surface area (Å²) in [6.45, 7) is 11.1. The van der Waals surface area contributed by atoms with Crippen molar-refractivity contribution in [1.29, 1.82) is 0 Å². The first-order valence-corrected chi connectivity index (χ1v) is 7.35. The van der Waals surface area contributed by atoms with Crippen LogP contribution in [0.2, 0.25) is 0 Å². The van der Waals surface area contributed by atoms with Gasteiger partial charge in [-0.15, -0.1) is 0 Å². The fourth-order valence-electron chi connectivity index (χ4n) is 1.81. The molecule has 0 aliphatic heterocycles. The van der Waals surface area contributed by atoms with Crippen LogP contribution < -0.4 is 10.6 Å². The smallest absolute Gasteiger partial charge is 0.132 e. The average Bonchev–Trinajstić information content (AvgIpc) is 2.43. The zero-order valence-electron chi connectivity index (χ0n) is 13.4. The van der Waals surface area contributed by atoms with E-state index in [4.69, 9.17) is 4.74 Å². The minimum Gasteiger partial charge on any atom is -0.385 e. The number of hydrogen-bond acceptors (Lipinski definition) is 5. The van der Waals surface area contributed by atoms with Gasteiger partial charge in [-0.3, -0.25) is 0 Å². The van der Waals surface area contributed by atoms with Gasteiger partial charge in [0.1, 0.15) is 17.5 Å². The van der Waals surface area contributed by atoms with Crippen LogP contribution >= 0.6 is 0 Å². The normalized spacial score (nSPS) is 11.4. The first-order chi connectivity index (χ1) is 9.50. The molecule has 0 aromatic carbocycles. The van der Waals surface area contributed by atoms with Crippen molar-refractivity contribution in [3.05, 3.63) is 11.9 Å². The lowest BCUT2D eigenvalue weighted by molar-refractivity contribution is 0.157. The number of hydrogen-bond donors (Lipinski definition) is 2. The van der Waals surface area contributed by atoms with Crippen molar-refractivity contribution in [2.24, 2.45) is 5.41 Å². The second-order valence-electron chi connectivity index (χ2n) is 5.70. The molecule has 1 aromatic rings. The van der Waals surface area contributed by atoms with Gasteiger partial charge in [0.25, 0.3) is 0 Å². The monoisotopic (exact) mass is 280 g/mol. The summed E-state index contributed by atoms with van der Waals surface area (Å²) in [5, 5.41) is 6.66. The average molecular weight is 280 g/mol. The van der Waals surface area contributed by atoms with E-state index >= 15 is 0 Å². The van der Waals surface area contributed by atoms with Crippen molar-refractivity contribution in [3.8, 4) is 0 Å². The molecule has 114 valence electrons. The van der Waals surface area contributed by atoms with E-state index in [9.17, 15) is 0 Å². The molecule has 0 amide bonds. The third-order valence-corrected chi connectivity index (χ3v) is 3.18. The van der Waals surface area contributed by atoms with Gasteiger partial charge < -0.3 is 15.4 Å². The summed E-state index contributed by atoms with van der Waals surface area (Å²) in [4.78, 5) is 8.98. The van der Waals surface area contributed by atoms with E-state index in [-0.39, 0.29) is 5.41 Å². The van der Waals surface area contributed by atoms with Crippen molar-refractivity contribution in [2.45, 2.75) is 40.5 Å². The lowest BCUT2D eigenvalue weighted by Gasteiger charge is -2.25. The molecule has 0 saturated heterocycles. The lowest BCUT2D eigenvalue weighted by atomic mass is 9.90. The van der Waals surface area contributed by atoms with Gasteiger partial charge in [0, 0.05) is 39.3 Å². The highest BCUT2D eigenvalue weighted by molar-refractivity contribution is 5.47. The summed E-state index contributed by atoms with van der Waals surface area (Å²) in [6, 6.07) is 1.97. The molecule has 1 aromatic heterocycles. The predicted octanol–water partition coefficient (Wildman–Crippen LogP) is 2.95. The Morgan fingerprint density at radius 2 is 1.80 bits per heavy atom. The highest BCUT2D eigenvalue weighted by atomic mass is 16.5. The number of anilines is 2. The molecule has 0 spiro atoms. The molecule has 5 nitrogen and oxygen atoms in total. The van der Waals surface area contributed by atoms with Crippen LogP contribution in [-0.2, 0) is 11.2 Å². The van der Waals surface area contributed by atoms with E-state index in [0.29, 0.717) is 0 Å². The van der Waals surface area contributed by atoms with Gasteiger partial charge in [-0.05, 0) is 18.8 Å². The van der Waals surface area contributed by atoms with Crippen molar-refractivity contribution < 1.29 is 4.74 Å². The van der Waals surface area contributed by atoms with E-state index in [1.54, 1.807) is 7.11 Å². The summed E-state index contributed by atoms with van der Waals surface area (Å²) in [5.74, 6) is 2.63. The maximum absolute atomic E-state index is 5.15. The highest BCUT2D eigenvalue weighted by Gasteiger charge is 2.17. The molecular weight excluding hydrogens is 252 g/mol. The van der Waals surface area contributed by atoms with E-state index in [1.807, 2.05) is 6.07 Å². The predicted molar refractivity (Wildman–Crippen MR) is 84.3 cm³/mol. The summed E-state index contributed by atoms with van der Waals surface area (Å²) < 4.78 is 5.15. The van der Waals surface area contributed by atoms with Gasteiger partial charge in [-0.2, -0.15) is 0 Å². The lowest BCUT2D eigenvalue weighted by Crippen LogP contribution is -2.25. The Balaban J connectivity index is 2.68. The maximum Gasteiger partial charge on any atom is 0.132 e. The zero-order chi connectivity index (χ0) is 15.0. The Kier molecular flexibility index (Phi) is 6.71. The fourth-order valence-corrected chi connectivity index (χ4v) is 1.81. The standard InChI is InChI=1S/C15H28N4O/c1-6-12-18-13(16-7-2)10-14(19-12)17-11-15(3,4)8-9-20-5/h10H,6-9,11H2,1-5H3,(H2,16,17,18,19). The Labute approximate surface area is 122 Å². The summed E-state index contributed by atoms with van der Waals surface area (Å²) in [6.07, 6.45) is 1.85. The van der Waals surface area contributed by atoms with Gasteiger partial charge in [-0.1, -0.05) is 20.8 Å². The number of nitrogens with zero attached hydrogens (tertiary/aromatic N) is 2. The Morgan fingerprint density at radius 1 is 1.15 bits per heavy atom. The second kappa shape index (κ2) is 8.04. The topological polar surface area (TPSA) is 59.1 Å². The molecule has 0 bridgehead atoms. The number of aryl methyl sites for hydroxylation is 1. The number of aromatic nitrogens is 2. The minimum atomic E-state index is 0.172. The van der Waals surface area contributed by atoms with Crippen LogP contribution in [0, 0.1) is 5.41 Å². The van der Waals surface area contributed by atoms with Gasteiger partial charge in [-0.25, -0.2) is 9.97 Å². The molecule has 0 aliphatic rings. The SMILES string of the molecule is CCNc1cc(NCC(C)(C)CCOC)nc(CC)n1. The second-order valence-corrected chi connectivity index (χ2v) is 5.70. The van der Waals surface area contributed by atoms with Gasteiger partial charge in [0.05, 0.1) is 0 Å². The quantitative estimate of drug-likeness (QED) is 0.728. The van der Waals surface area contributed by atoms with Crippen molar-refractivity contribution in [2.75, 3.05) is 37.4 Å². The molecule has 0 radical (unpaired) electrons. The maximum atomic E-state index is 5.15. The summed E-state index contributed by atoms with van der Waals surface area (Å²) in [7, 11) is 1.74. The number of ether oxygens (including phenoxy) is 1. The van der Waals surface area contributed by atoms with E-state index in [1.165, 1.54) is 0 Å².